The third-order valence-electron chi connectivity index (χ3n) is 8.50. The number of hydrogen-bond donors (Lipinski definition) is 6. The molecule has 0 heterocycles. The Morgan fingerprint density at radius 2 is 1.80 bits per heavy atom. The van der Waals surface area contributed by atoms with Crippen LogP contribution in [-0.2, 0) is 32.0 Å². The highest BCUT2D eigenvalue weighted by Gasteiger charge is 2.64. The van der Waals surface area contributed by atoms with E-state index in [1.54, 1.807) is 34.3 Å². The van der Waals surface area contributed by atoms with E-state index in [9.17, 15) is 39.6 Å². The number of Topliss-reactive ketones (excluding diaryl/α,β-unsaturated/α-hetero) is 3. The smallest absolute Gasteiger partial charge is 0.255 e. The number of aliphatic hydroxyl groups is 3. The quantitative estimate of drug-likeness (QED) is 0.221. The molecule has 12 heteroatoms. The maximum Gasteiger partial charge on any atom is 0.255 e. The van der Waals surface area contributed by atoms with E-state index in [4.69, 9.17) is 5.73 Å². The molecule has 1 aromatic rings. The van der Waals surface area contributed by atoms with Crippen molar-refractivity contribution in [2.24, 2.45) is 17.6 Å². The first-order valence-corrected chi connectivity index (χ1v) is 13.6. The summed E-state index contributed by atoms with van der Waals surface area (Å²) in [5.41, 5.74) is 3.27. The summed E-state index contributed by atoms with van der Waals surface area (Å²) in [6.45, 7) is 2.71. The van der Waals surface area contributed by atoms with Crippen molar-refractivity contribution in [3.63, 3.8) is 0 Å². The Morgan fingerprint density at radius 3 is 2.37 bits per heavy atom. The van der Waals surface area contributed by atoms with Gasteiger partial charge in [-0.2, -0.15) is 0 Å². The Balaban J connectivity index is 1.89. The van der Waals surface area contributed by atoms with E-state index in [2.05, 4.69) is 5.32 Å². The molecule has 1 amide bonds. The second-order valence-electron chi connectivity index (χ2n) is 11.4. The minimum atomic E-state index is -2.69. The standard InChI is InChI=1S/C29H38N4O8/c1-6-31-12-15(34)8-7-13-11-18(32(2)3)16-9-14-10-17-22(33(4)5)25(37)21(28(30)40)27(39)29(17,41)26(38)19(14)24(36)20(16)23(13)35/h11,14,17,22,31,35-36,39,41H,6-10,12H2,1-5H3,(H2,30,40)/t14-,17-,22+,29-/m0/s1. The van der Waals surface area contributed by atoms with Crippen molar-refractivity contribution in [3.05, 3.63) is 39.7 Å². The molecule has 0 aliphatic heterocycles. The molecule has 7 N–H and O–H groups in total. The van der Waals surface area contributed by atoms with Gasteiger partial charge in [0.25, 0.3) is 5.91 Å². The number of hydrogen-bond acceptors (Lipinski definition) is 11. The predicted molar refractivity (Wildman–Crippen MR) is 150 cm³/mol. The number of carbonyl (C=O) groups is 4. The van der Waals surface area contributed by atoms with E-state index in [0.717, 1.165) is 0 Å². The number of aliphatic hydroxyl groups excluding tert-OH is 2. The first-order valence-electron chi connectivity index (χ1n) is 13.6. The number of primary amides is 1. The van der Waals surface area contributed by atoms with Gasteiger partial charge < -0.3 is 36.4 Å². The molecule has 0 spiro atoms. The molecule has 3 aliphatic rings. The van der Waals surface area contributed by atoms with Crippen LogP contribution in [0.5, 0.6) is 5.75 Å². The van der Waals surface area contributed by atoms with Crippen molar-refractivity contribution in [2.45, 2.75) is 44.2 Å². The van der Waals surface area contributed by atoms with Gasteiger partial charge in [-0.3, -0.25) is 24.1 Å². The monoisotopic (exact) mass is 570 g/mol. The van der Waals surface area contributed by atoms with Crippen LogP contribution in [0, 0.1) is 11.8 Å². The van der Waals surface area contributed by atoms with Gasteiger partial charge in [0.1, 0.15) is 28.6 Å². The zero-order valence-electron chi connectivity index (χ0n) is 23.9. The minimum Gasteiger partial charge on any atom is -0.508 e. The molecule has 0 aromatic heterocycles. The molecule has 1 saturated carbocycles. The number of aryl methyl sites for hydroxylation is 1. The van der Waals surface area contributed by atoms with E-state index >= 15 is 0 Å². The zero-order chi connectivity index (χ0) is 30.5. The molecule has 3 aliphatic carbocycles. The van der Waals surface area contributed by atoms with Crippen molar-refractivity contribution < 1.29 is 39.6 Å². The van der Waals surface area contributed by atoms with E-state index in [0.29, 0.717) is 23.4 Å². The average Bonchev–Trinajstić information content (AvgIpc) is 2.88. The summed E-state index contributed by atoms with van der Waals surface area (Å²) in [6.07, 6.45) is 0.532. The van der Waals surface area contributed by atoms with Gasteiger partial charge in [0.05, 0.1) is 18.2 Å². The lowest BCUT2D eigenvalue weighted by atomic mass is 9.57. The van der Waals surface area contributed by atoms with Crippen molar-refractivity contribution in [2.75, 3.05) is 46.2 Å². The van der Waals surface area contributed by atoms with Crippen LogP contribution in [-0.4, -0.2) is 102 Å². The molecule has 0 saturated heterocycles. The van der Waals surface area contributed by atoms with Crippen LogP contribution in [0.3, 0.4) is 0 Å². The summed E-state index contributed by atoms with van der Waals surface area (Å²) in [4.78, 5) is 55.0. The molecule has 0 radical (unpaired) electrons. The summed E-state index contributed by atoms with van der Waals surface area (Å²) in [5.74, 6) is -6.95. The average molecular weight is 571 g/mol. The second kappa shape index (κ2) is 10.9. The number of carbonyl (C=O) groups excluding carboxylic acids is 4. The number of rotatable bonds is 9. The normalized spacial score (nSPS) is 25.7. The van der Waals surface area contributed by atoms with Gasteiger partial charge in [-0.25, -0.2) is 0 Å². The fraction of sp³-hybridized carbons (Fsp3) is 0.517. The van der Waals surface area contributed by atoms with E-state index in [1.807, 2.05) is 11.8 Å². The molecule has 1 aromatic carbocycles. The third kappa shape index (κ3) is 4.69. The van der Waals surface area contributed by atoms with Crippen LogP contribution in [0.1, 0.15) is 36.5 Å². The van der Waals surface area contributed by atoms with Crippen LogP contribution in [0.2, 0.25) is 0 Å². The number of aromatic hydroxyl groups is 1. The van der Waals surface area contributed by atoms with Crippen molar-refractivity contribution in [1.82, 2.24) is 10.2 Å². The number of ketones is 3. The lowest BCUT2D eigenvalue weighted by Gasteiger charge is -2.50. The van der Waals surface area contributed by atoms with Crippen molar-refractivity contribution in [1.29, 1.82) is 0 Å². The molecule has 4 atom stereocenters. The molecule has 41 heavy (non-hydrogen) atoms. The van der Waals surface area contributed by atoms with Crippen molar-refractivity contribution in [3.8, 4) is 5.75 Å². The molecule has 0 unspecified atom stereocenters. The van der Waals surface area contributed by atoms with Gasteiger partial charge >= 0.3 is 0 Å². The number of likely N-dealkylation sites (N-methyl/N-ethyl adjacent to an activating group) is 2. The lowest BCUT2D eigenvalue weighted by Crippen LogP contribution is -2.65. The lowest BCUT2D eigenvalue weighted by molar-refractivity contribution is -0.153. The van der Waals surface area contributed by atoms with Crippen LogP contribution >= 0.6 is 0 Å². The van der Waals surface area contributed by atoms with Gasteiger partial charge in [0, 0.05) is 37.7 Å². The number of phenols is 1. The first-order chi connectivity index (χ1) is 19.2. The molecule has 0 bridgehead atoms. The Hall–Kier alpha value is -3.74. The molecule has 222 valence electrons. The highest BCUT2D eigenvalue weighted by atomic mass is 16.3. The number of fused-ring (bicyclic) bond motifs is 3. The Morgan fingerprint density at radius 1 is 1.15 bits per heavy atom. The largest absolute Gasteiger partial charge is 0.508 e. The first kappa shape index (κ1) is 30.2. The number of nitrogens with two attached hydrogens (primary N) is 1. The van der Waals surface area contributed by atoms with Gasteiger partial charge in [0.2, 0.25) is 5.78 Å². The van der Waals surface area contributed by atoms with Crippen molar-refractivity contribution >= 4 is 34.7 Å². The van der Waals surface area contributed by atoms with Crippen LogP contribution in [0.15, 0.2) is 23.0 Å². The number of benzene rings is 1. The zero-order valence-corrected chi connectivity index (χ0v) is 23.9. The fourth-order valence-electron chi connectivity index (χ4n) is 6.56. The van der Waals surface area contributed by atoms with Gasteiger partial charge in [-0.15, -0.1) is 0 Å². The van der Waals surface area contributed by atoms with E-state index < -0.39 is 58.0 Å². The van der Waals surface area contributed by atoms with E-state index in [1.165, 1.54) is 4.90 Å². The molecule has 1 fully saturated rings. The van der Waals surface area contributed by atoms with Crippen LogP contribution < -0.4 is 16.0 Å². The predicted octanol–water partition coefficient (Wildman–Crippen LogP) is 0.141. The summed E-state index contributed by atoms with van der Waals surface area (Å²) in [7, 11) is 6.70. The molecule has 12 nitrogen and oxygen atoms in total. The topological polar surface area (TPSA) is 194 Å². The molecular weight excluding hydrogens is 532 g/mol. The number of nitrogens with one attached hydrogen (secondary N) is 1. The maximum atomic E-state index is 14.0. The summed E-state index contributed by atoms with van der Waals surface area (Å²) < 4.78 is 0. The fourth-order valence-corrected chi connectivity index (χ4v) is 6.56. The highest BCUT2D eigenvalue weighted by molar-refractivity contribution is 6.24. The van der Waals surface area contributed by atoms with Gasteiger partial charge in [0.15, 0.2) is 11.4 Å². The molecule has 4 rings (SSSR count). The number of amides is 1. The summed E-state index contributed by atoms with van der Waals surface area (Å²) >= 11 is 0. The highest BCUT2D eigenvalue weighted by Crippen LogP contribution is 2.54. The number of nitrogens with zero attached hydrogens (tertiary/aromatic N) is 2. The number of anilines is 1. The van der Waals surface area contributed by atoms with Crippen LogP contribution in [0.4, 0.5) is 5.69 Å². The maximum absolute atomic E-state index is 14.0. The third-order valence-corrected chi connectivity index (χ3v) is 8.50. The molecular formula is C29H38N4O8. The minimum absolute atomic E-state index is 0.0140. The summed E-state index contributed by atoms with van der Waals surface area (Å²) in [5, 5.41) is 48.6. The van der Waals surface area contributed by atoms with Gasteiger partial charge in [-0.05, 0) is 63.0 Å². The number of phenolic OH excluding ortho intramolecular Hbond substituents is 1. The van der Waals surface area contributed by atoms with Crippen LogP contribution in [0.25, 0.3) is 5.76 Å². The van der Waals surface area contributed by atoms with E-state index in [-0.39, 0.29) is 54.9 Å². The summed E-state index contributed by atoms with van der Waals surface area (Å²) in [6, 6.07) is 0.616. The Labute approximate surface area is 238 Å². The second-order valence-corrected chi connectivity index (χ2v) is 11.4. The Bertz CT molecular complexity index is 1400. The van der Waals surface area contributed by atoms with Gasteiger partial charge in [-0.1, -0.05) is 6.92 Å². The SMILES string of the molecule is CCNCC(=O)CCc1cc(N(C)C)c2c(c1O)C(O)=C1C(=O)[C@]3(O)C(O)=C(C(N)=O)C(=O)[C@H](N(C)C)[C@@H]3C[C@@H]1C2. The Kier molecular flexibility index (Phi) is 8.05.